The number of hydrogen-bond donors (Lipinski definition) is 0. The van der Waals surface area contributed by atoms with Gasteiger partial charge in [0.05, 0.1) is 20.0 Å². The Bertz CT molecular complexity index is 509. The maximum Gasteiger partial charge on any atom is 0.264 e. The van der Waals surface area contributed by atoms with Gasteiger partial charge in [0, 0.05) is 0 Å². The number of unbranched alkanes of at least 4 members (excludes halogenated alkanes) is 2. The van der Waals surface area contributed by atoms with E-state index in [1.165, 1.54) is 18.4 Å². The molecule has 0 unspecified atom stereocenters. The molecule has 0 fully saturated rings. The van der Waals surface area contributed by atoms with Crippen LogP contribution in [0.25, 0.3) is 0 Å². The summed E-state index contributed by atoms with van der Waals surface area (Å²) in [6.45, 7) is 2.36. The van der Waals surface area contributed by atoms with Crippen molar-refractivity contribution < 1.29 is 17.3 Å². The molecule has 0 aliphatic heterocycles. The first-order valence-electron chi connectivity index (χ1n) is 6.96. The predicted molar refractivity (Wildman–Crippen MR) is 80.7 cm³/mol. The van der Waals surface area contributed by atoms with Crippen LogP contribution in [0.2, 0.25) is 0 Å². The molecule has 0 heterocycles. The number of hydrogen-bond acceptors (Lipinski definition) is 4. The van der Waals surface area contributed by atoms with E-state index in [4.69, 9.17) is 8.92 Å². The first-order chi connectivity index (χ1) is 9.46. The molecule has 0 aliphatic carbocycles. The first-order valence-corrected chi connectivity index (χ1v) is 8.78. The Hall–Kier alpha value is -1.07. The minimum absolute atomic E-state index is 0.180. The third-order valence-electron chi connectivity index (χ3n) is 3.08. The smallest absolute Gasteiger partial charge is 0.264 e. The Morgan fingerprint density at radius 3 is 2.50 bits per heavy atom. The summed E-state index contributed by atoms with van der Waals surface area (Å²) in [5, 5.41) is 0. The van der Waals surface area contributed by atoms with Crippen LogP contribution in [0.1, 0.15) is 37.3 Å². The van der Waals surface area contributed by atoms with Gasteiger partial charge in [-0.05, 0) is 36.5 Å². The Labute approximate surface area is 122 Å². The highest BCUT2D eigenvalue weighted by Crippen LogP contribution is 2.22. The predicted octanol–water partition coefficient (Wildman–Crippen LogP) is 2.95. The second kappa shape index (κ2) is 8.27. The molecule has 0 saturated carbocycles. The lowest BCUT2D eigenvalue weighted by Gasteiger charge is -2.11. The van der Waals surface area contributed by atoms with Gasteiger partial charge in [-0.3, -0.25) is 4.18 Å². The Kier molecular flexibility index (Phi) is 7.02. The van der Waals surface area contributed by atoms with E-state index in [0.717, 1.165) is 30.4 Å². The second-order valence-electron chi connectivity index (χ2n) is 4.88. The lowest BCUT2D eigenvalue weighted by atomic mass is 10.0. The zero-order valence-electron chi connectivity index (χ0n) is 12.5. The van der Waals surface area contributed by atoms with Crippen molar-refractivity contribution >= 4 is 10.1 Å². The molecule has 114 valence electrons. The molecule has 1 rings (SSSR count). The van der Waals surface area contributed by atoms with Crippen molar-refractivity contribution in [3.8, 4) is 5.75 Å². The van der Waals surface area contributed by atoms with Crippen LogP contribution < -0.4 is 4.74 Å². The van der Waals surface area contributed by atoms with E-state index < -0.39 is 10.1 Å². The van der Waals surface area contributed by atoms with E-state index in [0.29, 0.717) is 6.42 Å². The second-order valence-corrected chi connectivity index (χ2v) is 6.52. The van der Waals surface area contributed by atoms with Crippen LogP contribution in [-0.2, 0) is 27.1 Å². The summed E-state index contributed by atoms with van der Waals surface area (Å²) in [7, 11) is -1.69. The van der Waals surface area contributed by atoms with Crippen molar-refractivity contribution in [2.24, 2.45) is 0 Å². The molecule has 4 nitrogen and oxygen atoms in total. The molecule has 0 spiro atoms. The molecule has 1 aromatic rings. The third kappa shape index (κ3) is 6.39. The quantitative estimate of drug-likeness (QED) is 0.520. The van der Waals surface area contributed by atoms with Gasteiger partial charge in [0.2, 0.25) is 0 Å². The summed E-state index contributed by atoms with van der Waals surface area (Å²) < 4.78 is 32.0. The molecule has 20 heavy (non-hydrogen) atoms. The molecule has 0 radical (unpaired) electrons. The van der Waals surface area contributed by atoms with Gasteiger partial charge in [0.15, 0.2) is 0 Å². The molecule has 0 atom stereocenters. The van der Waals surface area contributed by atoms with E-state index in [1.807, 2.05) is 12.1 Å². The monoisotopic (exact) mass is 300 g/mol. The highest BCUT2D eigenvalue weighted by atomic mass is 32.2. The van der Waals surface area contributed by atoms with E-state index in [-0.39, 0.29) is 6.61 Å². The van der Waals surface area contributed by atoms with E-state index >= 15 is 0 Å². The molecule has 5 heteroatoms. The molecule has 0 saturated heterocycles. The van der Waals surface area contributed by atoms with E-state index in [2.05, 4.69) is 13.0 Å². The van der Waals surface area contributed by atoms with Crippen molar-refractivity contribution in [1.29, 1.82) is 0 Å². The zero-order chi connectivity index (χ0) is 15.0. The fourth-order valence-electron chi connectivity index (χ4n) is 2.06. The van der Waals surface area contributed by atoms with Gasteiger partial charge in [0.1, 0.15) is 5.75 Å². The molecule has 0 N–H and O–H groups in total. The molecule has 0 aromatic heterocycles. The standard InChI is InChI=1S/C15H24O4S/c1-4-5-6-7-14-12-13(8-9-15(14)18-2)10-11-19-20(3,16)17/h8-9,12H,4-7,10-11H2,1-3H3. The van der Waals surface area contributed by atoms with Gasteiger partial charge in [-0.2, -0.15) is 8.42 Å². The lowest BCUT2D eigenvalue weighted by molar-refractivity contribution is 0.325. The SMILES string of the molecule is CCCCCc1cc(CCOS(C)(=O)=O)ccc1OC. The highest BCUT2D eigenvalue weighted by molar-refractivity contribution is 7.85. The normalized spacial score (nSPS) is 11.6. The van der Waals surface area contributed by atoms with Crippen LogP contribution in [-0.4, -0.2) is 28.4 Å². The van der Waals surface area contributed by atoms with Crippen LogP contribution in [0.15, 0.2) is 18.2 Å². The summed E-state index contributed by atoms with van der Waals surface area (Å²) in [6, 6.07) is 5.98. The van der Waals surface area contributed by atoms with Crippen LogP contribution >= 0.6 is 0 Å². The van der Waals surface area contributed by atoms with Crippen molar-refractivity contribution in [3.05, 3.63) is 29.3 Å². The summed E-state index contributed by atoms with van der Waals surface area (Å²) in [5.41, 5.74) is 2.25. The summed E-state index contributed by atoms with van der Waals surface area (Å²) in [5.74, 6) is 0.897. The average Bonchev–Trinajstić information content (AvgIpc) is 2.38. The Balaban J connectivity index is 2.66. The van der Waals surface area contributed by atoms with Crippen LogP contribution in [0.3, 0.4) is 0 Å². The highest BCUT2D eigenvalue weighted by Gasteiger charge is 2.06. The van der Waals surface area contributed by atoms with Crippen LogP contribution in [0.5, 0.6) is 5.75 Å². The Morgan fingerprint density at radius 1 is 1.15 bits per heavy atom. The molecule has 0 bridgehead atoms. The van der Waals surface area contributed by atoms with Crippen LogP contribution in [0, 0.1) is 0 Å². The van der Waals surface area contributed by atoms with Crippen molar-refractivity contribution in [3.63, 3.8) is 0 Å². The zero-order valence-corrected chi connectivity index (χ0v) is 13.3. The van der Waals surface area contributed by atoms with Gasteiger partial charge < -0.3 is 4.74 Å². The summed E-state index contributed by atoms with van der Waals surface area (Å²) in [4.78, 5) is 0. The number of ether oxygens (including phenoxy) is 1. The fraction of sp³-hybridized carbons (Fsp3) is 0.600. The van der Waals surface area contributed by atoms with Gasteiger partial charge in [-0.1, -0.05) is 31.9 Å². The number of rotatable bonds is 9. The average molecular weight is 300 g/mol. The molecule has 0 aliphatic rings. The fourth-order valence-corrected chi connectivity index (χ4v) is 2.45. The molecular formula is C15H24O4S. The lowest BCUT2D eigenvalue weighted by Crippen LogP contribution is -2.06. The first kappa shape index (κ1) is 17.0. The van der Waals surface area contributed by atoms with Crippen molar-refractivity contribution in [2.75, 3.05) is 20.0 Å². The molecule has 0 amide bonds. The van der Waals surface area contributed by atoms with Gasteiger partial charge in [0.25, 0.3) is 10.1 Å². The maximum atomic E-state index is 10.9. The van der Waals surface area contributed by atoms with E-state index in [1.54, 1.807) is 7.11 Å². The minimum atomic E-state index is -3.36. The number of aryl methyl sites for hydroxylation is 1. The number of benzene rings is 1. The van der Waals surface area contributed by atoms with Crippen LogP contribution in [0.4, 0.5) is 0 Å². The summed E-state index contributed by atoms with van der Waals surface area (Å²) >= 11 is 0. The largest absolute Gasteiger partial charge is 0.496 e. The summed E-state index contributed by atoms with van der Waals surface area (Å²) in [6.07, 6.45) is 6.15. The Morgan fingerprint density at radius 2 is 1.90 bits per heavy atom. The van der Waals surface area contributed by atoms with Gasteiger partial charge >= 0.3 is 0 Å². The minimum Gasteiger partial charge on any atom is -0.496 e. The van der Waals surface area contributed by atoms with Crippen molar-refractivity contribution in [1.82, 2.24) is 0 Å². The topological polar surface area (TPSA) is 52.6 Å². The van der Waals surface area contributed by atoms with Crippen molar-refractivity contribution in [2.45, 2.75) is 39.0 Å². The van der Waals surface area contributed by atoms with Gasteiger partial charge in [-0.25, -0.2) is 0 Å². The van der Waals surface area contributed by atoms with E-state index in [9.17, 15) is 8.42 Å². The third-order valence-corrected chi connectivity index (χ3v) is 3.68. The maximum absolute atomic E-state index is 10.9. The number of methoxy groups -OCH3 is 1. The molecule has 1 aromatic carbocycles. The molecular weight excluding hydrogens is 276 g/mol. The van der Waals surface area contributed by atoms with Gasteiger partial charge in [-0.15, -0.1) is 0 Å².